The highest BCUT2D eigenvalue weighted by atomic mass is 28.1. The monoisotopic (exact) mass is 236 g/mol. The predicted molar refractivity (Wildman–Crippen MR) is 63.0 cm³/mol. The largest absolute Gasteiger partial charge is 0.350 e. The van der Waals surface area contributed by atoms with Crippen molar-refractivity contribution < 1.29 is 18.9 Å². The summed E-state index contributed by atoms with van der Waals surface area (Å²) in [5.41, 5.74) is -0.685. The molecule has 0 fully saturated rings. The van der Waals surface area contributed by atoms with Crippen LogP contribution in [0.2, 0.25) is 0 Å². The second kappa shape index (κ2) is 8.24. The highest BCUT2D eigenvalue weighted by Gasteiger charge is 2.36. The minimum absolute atomic E-state index is 0.418. The van der Waals surface area contributed by atoms with Gasteiger partial charge < -0.3 is 18.9 Å². The Hall–Kier alpha value is 0.0569. The molecule has 4 nitrogen and oxygen atoms in total. The number of hydrogen-bond donors (Lipinski definition) is 0. The molecule has 0 amide bonds. The molecule has 0 aliphatic heterocycles. The van der Waals surface area contributed by atoms with E-state index in [9.17, 15) is 0 Å². The van der Waals surface area contributed by atoms with Crippen LogP contribution in [0.4, 0.5) is 0 Å². The van der Waals surface area contributed by atoms with Gasteiger partial charge in [-0.15, -0.1) is 0 Å². The van der Waals surface area contributed by atoms with E-state index in [0.29, 0.717) is 36.7 Å². The van der Waals surface area contributed by atoms with Gasteiger partial charge in [-0.1, -0.05) is 0 Å². The molecule has 5 heteroatoms. The molecule has 0 aromatic heterocycles. The van der Waals surface area contributed by atoms with Crippen molar-refractivity contribution in [2.24, 2.45) is 0 Å². The standard InChI is InChI=1S/C10H24O4Si/c1-5-11-9(12-6-2)10(15,13-7-3)14-8-4/h9H,5-8H2,1-4,15H3. The van der Waals surface area contributed by atoms with Crippen molar-refractivity contribution >= 4 is 10.2 Å². The molecule has 0 saturated heterocycles. The molecule has 0 aliphatic rings. The van der Waals surface area contributed by atoms with Gasteiger partial charge in [-0.25, -0.2) is 0 Å². The topological polar surface area (TPSA) is 36.9 Å². The van der Waals surface area contributed by atoms with Gasteiger partial charge in [-0.05, 0) is 27.7 Å². The second-order valence-corrected chi connectivity index (χ2v) is 4.52. The van der Waals surface area contributed by atoms with Crippen molar-refractivity contribution in [3.05, 3.63) is 0 Å². The molecule has 0 aliphatic carbocycles. The first kappa shape index (κ1) is 15.1. The van der Waals surface area contributed by atoms with Gasteiger partial charge in [0.2, 0.25) is 6.29 Å². The molecule has 0 radical (unpaired) electrons. The lowest BCUT2D eigenvalue weighted by molar-refractivity contribution is -0.307. The summed E-state index contributed by atoms with van der Waals surface area (Å²) in [5.74, 6) is 0. The van der Waals surface area contributed by atoms with Crippen LogP contribution in [0, 0.1) is 0 Å². The molecular weight excluding hydrogens is 212 g/mol. The van der Waals surface area contributed by atoms with Crippen LogP contribution in [-0.2, 0) is 18.9 Å². The third-order valence-corrected chi connectivity index (χ3v) is 2.97. The Balaban J connectivity index is 4.48. The van der Waals surface area contributed by atoms with Crippen LogP contribution < -0.4 is 0 Å². The molecule has 0 N–H and O–H groups in total. The van der Waals surface area contributed by atoms with Gasteiger partial charge in [0.1, 0.15) is 0 Å². The predicted octanol–water partition coefficient (Wildman–Crippen LogP) is 0.478. The number of ether oxygens (including phenoxy) is 4. The zero-order valence-electron chi connectivity index (χ0n) is 10.5. The van der Waals surface area contributed by atoms with Gasteiger partial charge in [0.15, 0.2) is 5.41 Å². The summed E-state index contributed by atoms with van der Waals surface area (Å²) in [6.07, 6.45) is -0.418. The van der Waals surface area contributed by atoms with Crippen LogP contribution in [0.15, 0.2) is 0 Å². The van der Waals surface area contributed by atoms with Crippen molar-refractivity contribution in [2.75, 3.05) is 26.4 Å². The van der Waals surface area contributed by atoms with E-state index < -0.39 is 11.7 Å². The van der Waals surface area contributed by atoms with E-state index >= 15 is 0 Å². The van der Waals surface area contributed by atoms with Crippen LogP contribution in [0.25, 0.3) is 0 Å². The number of rotatable bonds is 9. The van der Waals surface area contributed by atoms with Crippen molar-refractivity contribution in [2.45, 2.75) is 39.4 Å². The molecule has 0 aromatic carbocycles. The summed E-state index contributed by atoms with van der Waals surface area (Å²) in [5, 5.41) is 0. The van der Waals surface area contributed by atoms with Crippen molar-refractivity contribution in [3.8, 4) is 0 Å². The smallest absolute Gasteiger partial charge is 0.207 e. The fourth-order valence-electron chi connectivity index (χ4n) is 1.40. The molecule has 0 atom stereocenters. The summed E-state index contributed by atoms with van der Waals surface area (Å²) in [4.78, 5) is 0. The highest BCUT2D eigenvalue weighted by Crippen LogP contribution is 2.18. The second-order valence-electron chi connectivity index (χ2n) is 3.12. The van der Waals surface area contributed by atoms with Crippen LogP contribution in [0.3, 0.4) is 0 Å². The molecule has 0 spiro atoms. The summed E-state index contributed by atoms with van der Waals surface area (Å²) < 4.78 is 22.3. The Morgan fingerprint density at radius 2 is 1.27 bits per heavy atom. The molecule has 92 valence electrons. The summed E-state index contributed by atoms with van der Waals surface area (Å²) in [6.45, 7) is 10.1. The fraction of sp³-hybridized carbons (Fsp3) is 1.00. The van der Waals surface area contributed by atoms with Crippen LogP contribution in [0.5, 0.6) is 0 Å². The van der Waals surface area contributed by atoms with E-state index in [1.165, 1.54) is 0 Å². The first-order valence-corrected chi connectivity index (χ1v) is 6.65. The molecule has 0 rings (SSSR count). The Kier molecular flexibility index (Phi) is 8.27. The van der Waals surface area contributed by atoms with E-state index in [1.807, 2.05) is 27.7 Å². The molecule has 0 heterocycles. The lowest BCUT2D eigenvalue weighted by Gasteiger charge is -2.36. The van der Waals surface area contributed by atoms with Crippen LogP contribution >= 0.6 is 0 Å². The van der Waals surface area contributed by atoms with E-state index in [4.69, 9.17) is 18.9 Å². The maximum atomic E-state index is 5.63. The van der Waals surface area contributed by atoms with E-state index in [2.05, 4.69) is 0 Å². The molecular formula is C10H24O4Si. The van der Waals surface area contributed by atoms with Crippen molar-refractivity contribution in [1.82, 2.24) is 0 Å². The van der Waals surface area contributed by atoms with Gasteiger partial charge in [0.25, 0.3) is 0 Å². The van der Waals surface area contributed by atoms with E-state index in [0.717, 1.165) is 0 Å². The van der Waals surface area contributed by atoms with Gasteiger partial charge in [-0.2, -0.15) is 0 Å². The third-order valence-electron chi connectivity index (χ3n) is 1.93. The zero-order chi connectivity index (χ0) is 11.7. The Labute approximate surface area is 95.6 Å². The lowest BCUT2D eigenvalue weighted by Crippen LogP contribution is -2.51. The van der Waals surface area contributed by atoms with Gasteiger partial charge in [0, 0.05) is 26.4 Å². The van der Waals surface area contributed by atoms with Crippen LogP contribution in [-0.4, -0.2) is 48.4 Å². The van der Waals surface area contributed by atoms with Gasteiger partial charge in [0.05, 0.1) is 10.2 Å². The maximum absolute atomic E-state index is 5.63. The Bertz CT molecular complexity index is 142. The summed E-state index contributed by atoms with van der Waals surface area (Å²) >= 11 is 0. The lowest BCUT2D eigenvalue weighted by atomic mass is 10.5. The van der Waals surface area contributed by atoms with Gasteiger partial charge in [-0.3, -0.25) is 0 Å². The average molecular weight is 236 g/mol. The molecule has 0 aromatic rings. The van der Waals surface area contributed by atoms with E-state index in [1.54, 1.807) is 0 Å². The molecule has 0 saturated carbocycles. The average Bonchev–Trinajstić information content (AvgIpc) is 2.18. The zero-order valence-corrected chi connectivity index (χ0v) is 12.5. The summed E-state index contributed by atoms with van der Waals surface area (Å²) in [7, 11) is 0.705. The van der Waals surface area contributed by atoms with Crippen LogP contribution in [0.1, 0.15) is 27.7 Å². The molecule has 15 heavy (non-hydrogen) atoms. The molecule has 0 bridgehead atoms. The van der Waals surface area contributed by atoms with E-state index in [-0.39, 0.29) is 0 Å². The van der Waals surface area contributed by atoms with Crippen molar-refractivity contribution in [3.63, 3.8) is 0 Å². The fourth-order valence-corrected chi connectivity index (χ4v) is 2.32. The minimum atomic E-state index is -0.685. The Morgan fingerprint density at radius 3 is 1.53 bits per heavy atom. The summed E-state index contributed by atoms with van der Waals surface area (Å²) in [6, 6.07) is 0. The Morgan fingerprint density at radius 1 is 0.867 bits per heavy atom. The maximum Gasteiger partial charge on any atom is 0.207 e. The first-order valence-electron chi connectivity index (χ1n) is 5.65. The first-order chi connectivity index (χ1) is 7.14. The SMILES string of the molecule is CCOC(OCC)C([SiH3])(OCC)OCC. The number of hydrogen-bond acceptors (Lipinski definition) is 4. The minimum Gasteiger partial charge on any atom is -0.350 e. The van der Waals surface area contributed by atoms with Gasteiger partial charge >= 0.3 is 0 Å². The normalized spacial score (nSPS) is 12.6. The highest BCUT2D eigenvalue weighted by molar-refractivity contribution is 6.13. The molecule has 0 unspecified atom stereocenters. The third kappa shape index (κ3) is 5.08. The van der Waals surface area contributed by atoms with Crippen molar-refractivity contribution in [1.29, 1.82) is 0 Å². The quantitative estimate of drug-likeness (QED) is 0.431.